The lowest BCUT2D eigenvalue weighted by Crippen LogP contribution is -2.18. The summed E-state index contributed by atoms with van der Waals surface area (Å²) < 4.78 is 16.0. The predicted molar refractivity (Wildman–Crippen MR) is 80.9 cm³/mol. The van der Waals surface area contributed by atoms with Crippen LogP contribution in [0, 0.1) is 0 Å². The summed E-state index contributed by atoms with van der Waals surface area (Å²) in [6, 6.07) is 3.16. The van der Waals surface area contributed by atoms with Gasteiger partial charge in [-0.25, -0.2) is 4.79 Å². The van der Waals surface area contributed by atoms with Gasteiger partial charge in [0.1, 0.15) is 6.10 Å². The molecule has 0 aromatic heterocycles. The Labute approximate surface area is 125 Å². The highest BCUT2D eigenvalue weighted by atomic mass is 16.5. The van der Waals surface area contributed by atoms with Gasteiger partial charge in [-0.1, -0.05) is 12.8 Å². The fourth-order valence-corrected chi connectivity index (χ4v) is 2.65. The smallest absolute Gasteiger partial charge is 0.340 e. The fourth-order valence-electron chi connectivity index (χ4n) is 2.65. The van der Waals surface area contributed by atoms with Crippen molar-refractivity contribution in [2.75, 3.05) is 20.0 Å². The molecule has 0 spiro atoms. The van der Waals surface area contributed by atoms with Gasteiger partial charge in [0.25, 0.3) is 0 Å². The van der Waals surface area contributed by atoms with E-state index >= 15 is 0 Å². The number of benzene rings is 1. The number of carbonyl (C=O) groups excluding carboxylic acids is 1. The predicted octanol–water partition coefficient (Wildman–Crippen LogP) is 3.17. The number of methoxy groups -OCH3 is 2. The summed E-state index contributed by atoms with van der Waals surface area (Å²) in [5.41, 5.74) is 6.59. The van der Waals surface area contributed by atoms with E-state index in [1.165, 1.54) is 27.1 Å². The van der Waals surface area contributed by atoms with Crippen molar-refractivity contribution in [1.29, 1.82) is 0 Å². The van der Waals surface area contributed by atoms with Crippen LogP contribution in [0.2, 0.25) is 0 Å². The van der Waals surface area contributed by atoms with Gasteiger partial charge in [0.05, 0.1) is 25.5 Å². The molecule has 1 aromatic carbocycles. The van der Waals surface area contributed by atoms with Crippen LogP contribution in [-0.4, -0.2) is 26.3 Å². The maximum Gasteiger partial charge on any atom is 0.340 e. The Bertz CT molecular complexity index is 493. The molecule has 1 fully saturated rings. The van der Waals surface area contributed by atoms with Crippen LogP contribution < -0.4 is 15.2 Å². The minimum absolute atomic E-state index is 0.00695. The van der Waals surface area contributed by atoms with E-state index in [4.69, 9.17) is 19.9 Å². The van der Waals surface area contributed by atoms with Crippen molar-refractivity contribution in [1.82, 2.24) is 0 Å². The third kappa shape index (κ3) is 3.80. The lowest BCUT2D eigenvalue weighted by atomic mass is 10.1. The highest BCUT2D eigenvalue weighted by Crippen LogP contribution is 2.32. The van der Waals surface area contributed by atoms with Gasteiger partial charge in [0, 0.05) is 12.1 Å². The number of hydrogen-bond donors (Lipinski definition) is 1. The van der Waals surface area contributed by atoms with Crippen molar-refractivity contribution in [3.05, 3.63) is 17.7 Å². The quantitative estimate of drug-likeness (QED) is 0.524. The molecular weight excluding hydrogens is 270 g/mol. The van der Waals surface area contributed by atoms with E-state index in [0.29, 0.717) is 22.7 Å². The van der Waals surface area contributed by atoms with Crippen molar-refractivity contribution >= 4 is 11.7 Å². The van der Waals surface area contributed by atoms with Crippen LogP contribution in [0.1, 0.15) is 48.9 Å². The van der Waals surface area contributed by atoms with Crippen LogP contribution in [0.4, 0.5) is 5.69 Å². The second kappa shape index (κ2) is 7.20. The first-order chi connectivity index (χ1) is 10.2. The van der Waals surface area contributed by atoms with Gasteiger partial charge in [-0.2, -0.15) is 0 Å². The number of esters is 1. The topological polar surface area (TPSA) is 70.8 Å². The number of rotatable bonds is 4. The molecule has 0 aliphatic heterocycles. The molecular formula is C16H23NO4. The fraction of sp³-hybridized carbons (Fsp3) is 0.562. The van der Waals surface area contributed by atoms with Gasteiger partial charge in [-0.05, 0) is 25.7 Å². The number of carbonyl (C=O) groups is 1. The van der Waals surface area contributed by atoms with Gasteiger partial charge in [0.2, 0.25) is 0 Å². The molecule has 2 N–H and O–H groups in total. The Morgan fingerprint density at radius 1 is 1.05 bits per heavy atom. The summed E-state index contributed by atoms with van der Waals surface area (Å²) >= 11 is 0. The van der Waals surface area contributed by atoms with E-state index in [2.05, 4.69) is 0 Å². The lowest BCUT2D eigenvalue weighted by Gasteiger charge is -2.17. The van der Waals surface area contributed by atoms with E-state index in [0.717, 1.165) is 25.7 Å². The van der Waals surface area contributed by atoms with Gasteiger partial charge < -0.3 is 19.9 Å². The normalized spacial score (nSPS) is 16.1. The summed E-state index contributed by atoms with van der Waals surface area (Å²) in [6.07, 6.45) is 6.50. The molecule has 0 heterocycles. The second-order valence-corrected chi connectivity index (χ2v) is 5.31. The number of anilines is 1. The third-order valence-electron chi connectivity index (χ3n) is 3.85. The number of nitrogen functional groups attached to an aromatic ring is 1. The molecule has 21 heavy (non-hydrogen) atoms. The number of nitrogens with two attached hydrogens (primary N) is 1. The van der Waals surface area contributed by atoms with Crippen LogP contribution in [0.15, 0.2) is 12.1 Å². The molecule has 0 amide bonds. The first-order valence-electron chi connectivity index (χ1n) is 7.38. The van der Waals surface area contributed by atoms with Crippen molar-refractivity contribution < 1.29 is 19.0 Å². The summed E-state index contributed by atoms with van der Waals surface area (Å²) in [7, 11) is 3.05. The Morgan fingerprint density at radius 2 is 1.62 bits per heavy atom. The van der Waals surface area contributed by atoms with Crippen molar-refractivity contribution in [3.63, 3.8) is 0 Å². The molecule has 1 saturated carbocycles. The monoisotopic (exact) mass is 293 g/mol. The summed E-state index contributed by atoms with van der Waals surface area (Å²) in [5.74, 6) is 0.584. The molecule has 2 rings (SSSR count). The standard InChI is InChI=1S/C16H23NO4/c1-19-14-9-12(13(17)10-15(14)20-2)16(18)21-11-7-5-3-4-6-8-11/h9-11H,3-8,17H2,1-2H3. The minimum Gasteiger partial charge on any atom is -0.493 e. The second-order valence-electron chi connectivity index (χ2n) is 5.31. The summed E-state index contributed by atoms with van der Waals surface area (Å²) in [6.45, 7) is 0. The zero-order chi connectivity index (χ0) is 15.2. The molecule has 0 bridgehead atoms. The van der Waals surface area contributed by atoms with Gasteiger partial charge >= 0.3 is 5.97 Å². The van der Waals surface area contributed by atoms with Gasteiger partial charge in [-0.3, -0.25) is 0 Å². The maximum atomic E-state index is 12.3. The molecule has 0 saturated heterocycles. The Hall–Kier alpha value is -1.91. The summed E-state index contributed by atoms with van der Waals surface area (Å²) in [4.78, 5) is 12.3. The van der Waals surface area contributed by atoms with Crippen LogP contribution in [0.25, 0.3) is 0 Å². The highest BCUT2D eigenvalue weighted by molar-refractivity contribution is 5.96. The van der Waals surface area contributed by atoms with E-state index in [9.17, 15) is 4.79 Å². The number of ether oxygens (including phenoxy) is 3. The van der Waals surface area contributed by atoms with E-state index in [-0.39, 0.29) is 12.1 Å². The molecule has 5 heteroatoms. The van der Waals surface area contributed by atoms with Crippen LogP contribution in [-0.2, 0) is 4.74 Å². The zero-order valence-electron chi connectivity index (χ0n) is 12.7. The molecule has 5 nitrogen and oxygen atoms in total. The minimum atomic E-state index is -0.389. The Morgan fingerprint density at radius 3 is 2.19 bits per heavy atom. The summed E-state index contributed by atoms with van der Waals surface area (Å²) in [5, 5.41) is 0. The molecule has 0 radical (unpaired) electrons. The molecule has 116 valence electrons. The van der Waals surface area contributed by atoms with Crippen LogP contribution >= 0.6 is 0 Å². The van der Waals surface area contributed by atoms with Crippen LogP contribution in [0.3, 0.4) is 0 Å². The average molecular weight is 293 g/mol. The molecule has 1 aromatic rings. The van der Waals surface area contributed by atoms with Crippen molar-refractivity contribution in [3.8, 4) is 11.5 Å². The first kappa shape index (κ1) is 15.5. The Kier molecular flexibility index (Phi) is 5.31. The largest absolute Gasteiger partial charge is 0.493 e. The molecule has 1 aliphatic rings. The van der Waals surface area contributed by atoms with Gasteiger partial charge in [0.15, 0.2) is 11.5 Å². The van der Waals surface area contributed by atoms with Crippen LogP contribution in [0.5, 0.6) is 11.5 Å². The maximum absolute atomic E-state index is 12.3. The van der Waals surface area contributed by atoms with Crippen molar-refractivity contribution in [2.45, 2.75) is 44.6 Å². The lowest BCUT2D eigenvalue weighted by molar-refractivity contribution is 0.0268. The molecule has 0 unspecified atom stereocenters. The zero-order valence-corrected chi connectivity index (χ0v) is 12.7. The molecule has 1 aliphatic carbocycles. The van der Waals surface area contributed by atoms with Gasteiger partial charge in [-0.15, -0.1) is 0 Å². The average Bonchev–Trinajstić information content (AvgIpc) is 2.75. The van der Waals surface area contributed by atoms with E-state index in [1.807, 2.05) is 0 Å². The Balaban J connectivity index is 2.14. The number of hydrogen-bond acceptors (Lipinski definition) is 5. The SMILES string of the molecule is COc1cc(N)c(C(=O)OC2CCCCCC2)cc1OC. The van der Waals surface area contributed by atoms with Crippen molar-refractivity contribution in [2.24, 2.45) is 0 Å². The first-order valence-corrected chi connectivity index (χ1v) is 7.38. The van der Waals surface area contributed by atoms with E-state index < -0.39 is 0 Å². The molecule has 0 atom stereocenters. The third-order valence-corrected chi connectivity index (χ3v) is 3.85. The van der Waals surface area contributed by atoms with E-state index in [1.54, 1.807) is 12.1 Å². The highest BCUT2D eigenvalue weighted by Gasteiger charge is 2.21.